The van der Waals surface area contributed by atoms with Crippen LogP contribution in [0.25, 0.3) is 0 Å². The summed E-state index contributed by atoms with van der Waals surface area (Å²) in [5.41, 5.74) is 5.29. The van der Waals surface area contributed by atoms with Crippen molar-refractivity contribution in [2.75, 3.05) is 5.32 Å². The van der Waals surface area contributed by atoms with Crippen LogP contribution in [-0.4, -0.2) is 21.6 Å². The van der Waals surface area contributed by atoms with Crippen LogP contribution in [0.3, 0.4) is 0 Å². The van der Waals surface area contributed by atoms with Crippen molar-refractivity contribution in [1.29, 1.82) is 0 Å². The smallest absolute Gasteiger partial charge is 0.259 e. The molecular formula is C22H24ClN5O. The molecule has 0 saturated heterocycles. The summed E-state index contributed by atoms with van der Waals surface area (Å²) in [5.74, 6) is 0.0296. The number of amides is 1. The average molecular weight is 410 g/mol. The third-order valence-corrected chi connectivity index (χ3v) is 5.13. The molecule has 3 rings (SSSR count). The fraction of sp³-hybridized carbons (Fsp3) is 0.227. The van der Waals surface area contributed by atoms with Gasteiger partial charge in [-0.25, -0.2) is 4.99 Å². The molecule has 1 aromatic heterocycles. The molecule has 7 heteroatoms. The van der Waals surface area contributed by atoms with Crippen molar-refractivity contribution in [3.63, 3.8) is 0 Å². The van der Waals surface area contributed by atoms with Crippen molar-refractivity contribution < 1.29 is 4.79 Å². The average Bonchev–Trinajstić information content (AvgIpc) is 2.93. The number of benzene rings is 2. The highest BCUT2D eigenvalue weighted by Gasteiger charge is 2.14. The van der Waals surface area contributed by atoms with E-state index in [1.807, 2.05) is 56.8 Å². The number of nitrogens with zero attached hydrogens (tertiary/aromatic N) is 3. The Kier molecular flexibility index (Phi) is 6.34. The largest absolute Gasteiger partial charge is 0.326 e. The van der Waals surface area contributed by atoms with E-state index < -0.39 is 0 Å². The first kappa shape index (κ1) is 20.6. The SMILES string of the molecule is Cc1ccccc1NC(=NCc1c(C)nn(C)c1C)NC(=O)c1ccccc1Cl. The van der Waals surface area contributed by atoms with Crippen LogP contribution in [0.1, 0.15) is 32.9 Å². The second-order valence-electron chi connectivity index (χ2n) is 6.81. The molecule has 0 radical (unpaired) electrons. The van der Waals surface area contributed by atoms with E-state index >= 15 is 0 Å². The molecule has 1 heterocycles. The first-order valence-corrected chi connectivity index (χ1v) is 9.66. The van der Waals surface area contributed by atoms with Crippen molar-refractivity contribution in [2.45, 2.75) is 27.3 Å². The Morgan fingerprint density at radius 1 is 1.10 bits per heavy atom. The minimum absolute atomic E-state index is 0.324. The van der Waals surface area contributed by atoms with Gasteiger partial charge in [-0.05, 0) is 44.5 Å². The first-order chi connectivity index (χ1) is 13.9. The Labute approximate surface area is 175 Å². The minimum atomic E-state index is -0.324. The van der Waals surface area contributed by atoms with Crippen LogP contribution in [0.15, 0.2) is 53.5 Å². The van der Waals surface area contributed by atoms with Crippen molar-refractivity contribution in [2.24, 2.45) is 12.0 Å². The van der Waals surface area contributed by atoms with Gasteiger partial charge in [0.25, 0.3) is 5.91 Å². The number of aryl methyl sites for hydroxylation is 3. The molecule has 0 aliphatic heterocycles. The van der Waals surface area contributed by atoms with E-state index in [-0.39, 0.29) is 5.91 Å². The summed E-state index contributed by atoms with van der Waals surface area (Å²) in [5, 5.41) is 10.9. The van der Waals surface area contributed by atoms with Gasteiger partial charge >= 0.3 is 0 Å². The molecule has 2 N–H and O–H groups in total. The van der Waals surface area contributed by atoms with Crippen molar-refractivity contribution in [1.82, 2.24) is 15.1 Å². The van der Waals surface area contributed by atoms with E-state index in [1.54, 1.807) is 24.3 Å². The molecule has 6 nitrogen and oxygen atoms in total. The number of para-hydroxylation sites is 1. The molecule has 150 valence electrons. The maximum absolute atomic E-state index is 12.8. The molecule has 2 aromatic carbocycles. The van der Waals surface area contributed by atoms with Gasteiger partial charge in [0.2, 0.25) is 5.96 Å². The number of hydrogen-bond acceptors (Lipinski definition) is 3. The second kappa shape index (κ2) is 8.92. The topological polar surface area (TPSA) is 71.3 Å². The number of guanidine groups is 1. The van der Waals surface area contributed by atoms with Gasteiger partial charge < -0.3 is 5.32 Å². The Balaban J connectivity index is 1.89. The highest BCUT2D eigenvalue weighted by atomic mass is 35.5. The quantitative estimate of drug-likeness (QED) is 0.495. The summed E-state index contributed by atoms with van der Waals surface area (Å²) in [6.07, 6.45) is 0. The predicted molar refractivity (Wildman–Crippen MR) is 118 cm³/mol. The lowest BCUT2D eigenvalue weighted by molar-refractivity contribution is 0.0977. The second-order valence-corrected chi connectivity index (χ2v) is 7.22. The maximum Gasteiger partial charge on any atom is 0.259 e. The highest BCUT2D eigenvalue weighted by Crippen LogP contribution is 2.17. The Morgan fingerprint density at radius 3 is 2.45 bits per heavy atom. The summed E-state index contributed by atoms with van der Waals surface area (Å²) < 4.78 is 1.83. The fourth-order valence-electron chi connectivity index (χ4n) is 2.98. The molecule has 0 spiro atoms. The van der Waals surface area contributed by atoms with Gasteiger partial charge in [-0.3, -0.25) is 14.8 Å². The van der Waals surface area contributed by atoms with E-state index in [0.717, 1.165) is 28.2 Å². The van der Waals surface area contributed by atoms with E-state index in [0.29, 0.717) is 23.1 Å². The van der Waals surface area contributed by atoms with E-state index in [4.69, 9.17) is 11.6 Å². The number of rotatable bonds is 4. The normalized spacial score (nSPS) is 11.4. The number of nitrogens with one attached hydrogen (secondary N) is 2. The van der Waals surface area contributed by atoms with Crippen LogP contribution in [0.5, 0.6) is 0 Å². The monoisotopic (exact) mass is 409 g/mol. The number of hydrogen-bond donors (Lipinski definition) is 2. The van der Waals surface area contributed by atoms with Crippen LogP contribution >= 0.6 is 11.6 Å². The van der Waals surface area contributed by atoms with E-state index in [9.17, 15) is 4.79 Å². The number of carbonyl (C=O) groups excluding carboxylic acids is 1. The van der Waals surface area contributed by atoms with Crippen molar-refractivity contribution >= 4 is 29.2 Å². The maximum atomic E-state index is 12.8. The third-order valence-electron chi connectivity index (χ3n) is 4.80. The Morgan fingerprint density at radius 2 is 1.79 bits per heavy atom. The van der Waals surface area contributed by atoms with Gasteiger partial charge in [-0.2, -0.15) is 5.10 Å². The van der Waals surface area contributed by atoms with Crippen LogP contribution < -0.4 is 10.6 Å². The van der Waals surface area contributed by atoms with Gasteiger partial charge in [0.1, 0.15) is 0 Å². The summed E-state index contributed by atoms with van der Waals surface area (Å²) in [6, 6.07) is 14.7. The predicted octanol–water partition coefficient (Wildman–Crippen LogP) is 4.40. The Hall–Kier alpha value is -3.12. The molecule has 0 unspecified atom stereocenters. The molecular weight excluding hydrogens is 386 g/mol. The van der Waals surface area contributed by atoms with E-state index in [2.05, 4.69) is 20.7 Å². The van der Waals surface area contributed by atoms with Gasteiger partial charge in [0.05, 0.1) is 22.8 Å². The fourth-order valence-corrected chi connectivity index (χ4v) is 3.20. The van der Waals surface area contributed by atoms with Crippen LogP contribution in [-0.2, 0) is 13.6 Å². The summed E-state index contributed by atoms with van der Waals surface area (Å²) in [4.78, 5) is 17.4. The molecule has 0 fully saturated rings. The van der Waals surface area contributed by atoms with Crippen molar-refractivity contribution in [3.05, 3.63) is 81.6 Å². The lowest BCUT2D eigenvalue weighted by Gasteiger charge is -2.14. The van der Waals surface area contributed by atoms with Gasteiger partial charge in [0, 0.05) is 24.0 Å². The standard InChI is InChI=1S/C22H24ClN5O/c1-14-9-5-8-12-20(14)25-22(24-13-18-15(2)27-28(4)16(18)3)26-21(29)17-10-6-7-11-19(17)23/h5-12H,13H2,1-4H3,(H2,24,25,26,29). The Bertz CT molecular complexity index is 1070. The number of carbonyl (C=O) groups is 1. The molecule has 0 atom stereocenters. The summed E-state index contributed by atoms with van der Waals surface area (Å²) in [6.45, 7) is 6.34. The molecule has 0 saturated carbocycles. The van der Waals surface area contributed by atoms with E-state index in [1.165, 1.54) is 0 Å². The molecule has 0 aliphatic carbocycles. The lowest BCUT2D eigenvalue weighted by Crippen LogP contribution is -2.36. The highest BCUT2D eigenvalue weighted by molar-refractivity contribution is 6.34. The van der Waals surface area contributed by atoms with Crippen LogP contribution in [0.4, 0.5) is 5.69 Å². The number of anilines is 1. The molecule has 1 amide bonds. The van der Waals surface area contributed by atoms with Crippen LogP contribution in [0, 0.1) is 20.8 Å². The first-order valence-electron chi connectivity index (χ1n) is 9.29. The summed E-state index contributed by atoms with van der Waals surface area (Å²) in [7, 11) is 1.90. The third kappa shape index (κ3) is 4.84. The summed E-state index contributed by atoms with van der Waals surface area (Å²) >= 11 is 6.17. The van der Waals surface area contributed by atoms with Gasteiger partial charge in [-0.15, -0.1) is 0 Å². The van der Waals surface area contributed by atoms with Crippen molar-refractivity contribution in [3.8, 4) is 0 Å². The zero-order valence-corrected chi connectivity index (χ0v) is 17.7. The molecule has 0 aliphatic rings. The molecule has 3 aromatic rings. The zero-order valence-electron chi connectivity index (χ0n) is 17.0. The van der Waals surface area contributed by atoms with Crippen LogP contribution in [0.2, 0.25) is 5.02 Å². The zero-order chi connectivity index (χ0) is 21.0. The number of aromatic nitrogens is 2. The number of halogens is 1. The minimum Gasteiger partial charge on any atom is -0.326 e. The van der Waals surface area contributed by atoms with Gasteiger partial charge in [0.15, 0.2) is 0 Å². The lowest BCUT2D eigenvalue weighted by atomic mass is 10.2. The molecule has 29 heavy (non-hydrogen) atoms. The van der Waals surface area contributed by atoms with Gasteiger partial charge in [-0.1, -0.05) is 41.9 Å². The number of aliphatic imine (C=N–C) groups is 1. The molecule has 0 bridgehead atoms.